The predicted octanol–water partition coefficient (Wildman–Crippen LogP) is 3.49. The van der Waals surface area contributed by atoms with Crippen LogP contribution >= 0.6 is 0 Å². The molecule has 0 aromatic heterocycles. The van der Waals surface area contributed by atoms with Crippen LogP contribution in [0.1, 0.15) is 52.4 Å². The van der Waals surface area contributed by atoms with Gasteiger partial charge in [0.15, 0.2) is 0 Å². The van der Waals surface area contributed by atoms with Crippen molar-refractivity contribution in [3.05, 3.63) is 11.6 Å². The first-order chi connectivity index (χ1) is 5.77. The van der Waals surface area contributed by atoms with Crippen molar-refractivity contribution in [3.63, 3.8) is 0 Å². The summed E-state index contributed by atoms with van der Waals surface area (Å²) in [6.07, 6.45) is 10.0. The minimum absolute atomic E-state index is 0.739. The molecule has 0 aliphatic heterocycles. The molecule has 70 valence electrons. The molecule has 0 unspecified atom stereocenters. The molecule has 0 bridgehead atoms. The van der Waals surface area contributed by atoms with Gasteiger partial charge in [-0.15, -0.1) is 0 Å². The summed E-state index contributed by atoms with van der Waals surface area (Å²) in [5.74, 6) is 0. The summed E-state index contributed by atoms with van der Waals surface area (Å²) in [6, 6.07) is 0. The first kappa shape index (κ1) is 11.4. The molecule has 0 N–H and O–H groups in total. The van der Waals surface area contributed by atoms with Gasteiger partial charge in [-0.2, -0.15) is 0 Å². The van der Waals surface area contributed by atoms with Gasteiger partial charge in [-0.3, -0.25) is 0 Å². The molecule has 0 heterocycles. The summed E-state index contributed by atoms with van der Waals surface area (Å²) in [7, 11) is 0. The Bertz CT molecular complexity index is 132. The van der Waals surface area contributed by atoms with Crippen molar-refractivity contribution >= 4 is 6.29 Å². The Labute approximate surface area is 75.9 Å². The second-order valence-corrected chi connectivity index (χ2v) is 3.44. The van der Waals surface area contributed by atoms with E-state index in [9.17, 15) is 4.79 Å². The normalized spacial score (nSPS) is 9.50. The molecule has 0 saturated heterocycles. The Kier molecular flexibility index (Phi) is 8.09. The molecule has 0 aliphatic rings. The van der Waals surface area contributed by atoms with E-state index in [4.69, 9.17) is 0 Å². The summed E-state index contributed by atoms with van der Waals surface area (Å²) >= 11 is 0. The SMILES string of the molecule is CC(C)=CCCCCCCC=O. The summed E-state index contributed by atoms with van der Waals surface area (Å²) in [4.78, 5) is 9.97. The molecule has 1 heteroatoms. The number of carbonyl (C=O) groups excluding carboxylic acids is 1. The Balaban J connectivity index is 3.00. The average molecular weight is 168 g/mol. The quantitative estimate of drug-likeness (QED) is 0.323. The predicted molar refractivity (Wildman–Crippen MR) is 53.2 cm³/mol. The first-order valence-corrected chi connectivity index (χ1v) is 4.84. The molecule has 0 radical (unpaired) electrons. The fourth-order valence-corrected chi connectivity index (χ4v) is 1.12. The Morgan fingerprint density at radius 1 is 1.00 bits per heavy atom. The fraction of sp³-hybridized carbons (Fsp3) is 0.727. The number of rotatable bonds is 7. The van der Waals surface area contributed by atoms with E-state index >= 15 is 0 Å². The summed E-state index contributed by atoms with van der Waals surface area (Å²) < 4.78 is 0. The number of allylic oxidation sites excluding steroid dienone is 2. The van der Waals surface area contributed by atoms with Crippen LogP contribution in [0.5, 0.6) is 0 Å². The Morgan fingerprint density at radius 3 is 2.08 bits per heavy atom. The Hall–Kier alpha value is -0.590. The molecule has 1 nitrogen and oxygen atoms in total. The van der Waals surface area contributed by atoms with E-state index in [-0.39, 0.29) is 0 Å². The maximum absolute atomic E-state index is 9.97. The van der Waals surface area contributed by atoms with Gasteiger partial charge in [-0.25, -0.2) is 0 Å². The van der Waals surface area contributed by atoms with Gasteiger partial charge in [0.05, 0.1) is 0 Å². The lowest BCUT2D eigenvalue weighted by atomic mass is 10.1. The maximum atomic E-state index is 9.97. The monoisotopic (exact) mass is 168 g/mol. The van der Waals surface area contributed by atoms with Crippen LogP contribution in [0.2, 0.25) is 0 Å². The molecule has 0 aromatic carbocycles. The van der Waals surface area contributed by atoms with Gasteiger partial charge >= 0.3 is 0 Å². The van der Waals surface area contributed by atoms with Crippen molar-refractivity contribution in [2.75, 3.05) is 0 Å². The smallest absolute Gasteiger partial charge is 0.119 e. The van der Waals surface area contributed by atoms with Gasteiger partial charge in [0.2, 0.25) is 0 Å². The zero-order valence-corrected chi connectivity index (χ0v) is 8.31. The lowest BCUT2D eigenvalue weighted by Crippen LogP contribution is -1.79. The topological polar surface area (TPSA) is 17.1 Å². The van der Waals surface area contributed by atoms with Crippen molar-refractivity contribution in [1.29, 1.82) is 0 Å². The van der Waals surface area contributed by atoms with E-state index in [1.54, 1.807) is 0 Å². The third kappa shape index (κ3) is 9.41. The van der Waals surface area contributed by atoms with E-state index in [1.165, 1.54) is 31.3 Å². The number of aldehydes is 1. The number of carbonyl (C=O) groups is 1. The zero-order valence-electron chi connectivity index (χ0n) is 8.31. The van der Waals surface area contributed by atoms with Crippen molar-refractivity contribution in [3.8, 4) is 0 Å². The standard InChI is InChI=1S/C11H20O/c1-11(2)9-7-5-3-4-6-8-10-12/h9-10H,3-8H2,1-2H3. The van der Waals surface area contributed by atoms with Crippen molar-refractivity contribution < 1.29 is 4.79 Å². The van der Waals surface area contributed by atoms with Crippen LogP contribution in [0.25, 0.3) is 0 Å². The average Bonchev–Trinajstić information content (AvgIpc) is 2.02. The van der Waals surface area contributed by atoms with E-state index in [0.717, 1.165) is 19.1 Å². The minimum Gasteiger partial charge on any atom is -0.303 e. The molecule has 0 spiro atoms. The molecule has 0 aliphatic carbocycles. The van der Waals surface area contributed by atoms with Gasteiger partial charge in [0.25, 0.3) is 0 Å². The largest absolute Gasteiger partial charge is 0.303 e. The van der Waals surface area contributed by atoms with Crippen LogP contribution in [0.3, 0.4) is 0 Å². The molecule has 0 saturated carbocycles. The molecular weight excluding hydrogens is 148 g/mol. The molecule has 0 fully saturated rings. The lowest BCUT2D eigenvalue weighted by Gasteiger charge is -1.96. The summed E-state index contributed by atoms with van der Waals surface area (Å²) in [6.45, 7) is 4.26. The van der Waals surface area contributed by atoms with E-state index in [1.807, 2.05) is 0 Å². The van der Waals surface area contributed by atoms with Gasteiger partial charge in [-0.1, -0.05) is 24.5 Å². The highest BCUT2D eigenvalue weighted by molar-refractivity contribution is 5.48. The van der Waals surface area contributed by atoms with Crippen LogP contribution in [-0.4, -0.2) is 6.29 Å². The fourth-order valence-electron chi connectivity index (χ4n) is 1.12. The number of hydrogen-bond acceptors (Lipinski definition) is 1. The Morgan fingerprint density at radius 2 is 1.58 bits per heavy atom. The molecule has 0 rings (SSSR count). The van der Waals surface area contributed by atoms with Gasteiger partial charge in [0.1, 0.15) is 6.29 Å². The minimum atomic E-state index is 0.739. The highest BCUT2D eigenvalue weighted by atomic mass is 16.1. The van der Waals surface area contributed by atoms with Crippen LogP contribution < -0.4 is 0 Å². The van der Waals surface area contributed by atoms with Crippen LogP contribution in [-0.2, 0) is 4.79 Å². The number of hydrogen-bond donors (Lipinski definition) is 0. The van der Waals surface area contributed by atoms with Gasteiger partial charge < -0.3 is 4.79 Å². The first-order valence-electron chi connectivity index (χ1n) is 4.84. The molecule has 12 heavy (non-hydrogen) atoms. The van der Waals surface area contributed by atoms with Gasteiger partial charge in [-0.05, 0) is 33.1 Å². The molecule has 0 amide bonds. The number of unbranched alkanes of at least 4 members (excludes halogenated alkanes) is 5. The van der Waals surface area contributed by atoms with Crippen molar-refractivity contribution in [1.82, 2.24) is 0 Å². The molecule has 0 atom stereocenters. The van der Waals surface area contributed by atoms with Crippen LogP contribution in [0.15, 0.2) is 11.6 Å². The second-order valence-electron chi connectivity index (χ2n) is 3.44. The van der Waals surface area contributed by atoms with E-state index in [2.05, 4.69) is 19.9 Å². The van der Waals surface area contributed by atoms with Crippen molar-refractivity contribution in [2.24, 2.45) is 0 Å². The lowest BCUT2D eigenvalue weighted by molar-refractivity contribution is -0.107. The molecule has 0 aromatic rings. The second kappa shape index (κ2) is 8.51. The van der Waals surface area contributed by atoms with Gasteiger partial charge in [0, 0.05) is 6.42 Å². The highest BCUT2D eigenvalue weighted by Crippen LogP contribution is 2.06. The summed E-state index contributed by atoms with van der Waals surface area (Å²) in [5, 5.41) is 0. The molecular formula is C11H20O. The van der Waals surface area contributed by atoms with Crippen LogP contribution in [0, 0.1) is 0 Å². The van der Waals surface area contributed by atoms with Crippen LogP contribution in [0.4, 0.5) is 0 Å². The summed E-state index contributed by atoms with van der Waals surface area (Å²) in [5.41, 5.74) is 1.41. The third-order valence-electron chi connectivity index (χ3n) is 1.83. The zero-order chi connectivity index (χ0) is 9.23. The van der Waals surface area contributed by atoms with E-state index in [0.29, 0.717) is 0 Å². The third-order valence-corrected chi connectivity index (χ3v) is 1.83. The van der Waals surface area contributed by atoms with Crippen molar-refractivity contribution in [2.45, 2.75) is 52.4 Å². The van der Waals surface area contributed by atoms with E-state index < -0.39 is 0 Å². The highest BCUT2D eigenvalue weighted by Gasteiger charge is 1.88. The maximum Gasteiger partial charge on any atom is 0.119 e.